The van der Waals surface area contributed by atoms with E-state index >= 15 is 0 Å². The van der Waals surface area contributed by atoms with Crippen molar-refractivity contribution in [2.75, 3.05) is 39.4 Å². The van der Waals surface area contributed by atoms with Crippen LogP contribution in [0.15, 0.2) is 0 Å². The minimum atomic E-state index is 0.600. The Hall–Kier alpha value is -0.120. The Morgan fingerprint density at radius 1 is 1.40 bits per heavy atom. The van der Waals surface area contributed by atoms with E-state index in [-0.39, 0.29) is 0 Å². The molecule has 1 aliphatic rings. The summed E-state index contributed by atoms with van der Waals surface area (Å²) >= 11 is 0. The Kier molecular flexibility index (Phi) is 6.22. The topological polar surface area (TPSA) is 24.5 Å². The van der Waals surface area contributed by atoms with Gasteiger partial charge in [-0.25, -0.2) is 0 Å². The van der Waals surface area contributed by atoms with Crippen molar-refractivity contribution in [2.24, 2.45) is 5.92 Å². The fourth-order valence-corrected chi connectivity index (χ4v) is 2.10. The van der Waals surface area contributed by atoms with Crippen LogP contribution in [0.3, 0.4) is 0 Å². The van der Waals surface area contributed by atoms with Crippen LogP contribution in [0.1, 0.15) is 27.2 Å². The number of ether oxygens (including phenoxy) is 1. The van der Waals surface area contributed by atoms with Crippen molar-refractivity contribution in [1.82, 2.24) is 10.2 Å². The Morgan fingerprint density at radius 3 is 2.67 bits per heavy atom. The van der Waals surface area contributed by atoms with Gasteiger partial charge in [-0.05, 0) is 32.4 Å². The number of hydrogen-bond donors (Lipinski definition) is 1. The fourth-order valence-electron chi connectivity index (χ4n) is 2.10. The zero-order valence-electron chi connectivity index (χ0n) is 10.5. The second-order valence-corrected chi connectivity index (χ2v) is 4.39. The molecule has 3 heteroatoms. The van der Waals surface area contributed by atoms with Gasteiger partial charge in [0.2, 0.25) is 0 Å². The molecule has 15 heavy (non-hydrogen) atoms. The van der Waals surface area contributed by atoms with E-state index in [4.69, 9.17) is 4.74 Å². The van der Waals surface area contributed by atoms with Crippen LogP contribution in [-0.2, 0) is 4.74 Å². The largest absolute Gasteiger partial charge is 0.381 e. The fraction of sp³-hybridized carbons (Fsp3) is 1.00. The van der Waals surface area contributed by atoms with Gasteiger partial charge in [-0.2, -0.15) is 0 Å². The van der Waals surface area contributed by atoms with E-state index in [0.717, 1.165) is 45.3 Å². The van der Waals surface area contributed by atoms with Gasteiger partial charge >= 0.3 is 0 Å². The lowest BCUT2D eigenvalue weighted by atomic mass is 10.0. The van der Waals surface area contributed by atoms with Crippen LogP contribution < -0.4 is 5.32 Å². The summed E-state index contributed by atoms with van der Waals surface area (Å²) in [6.45, 7) is 13.2. The predicted octanol–water partition coefficient (Wildman–Crippen LogP) is 1.34. The van der Waals surface area contributed by atoms with Crippen molar-refractivity contribution in [3.8, 4) is 0 Å². The minimum absolute atomic E-state index is 0.600. The average molecular weight is 214 g/mol. The summed E-state index contributed by atoms with van der Waals surface area (Å²) in [4.78, 5) is 2.45. The third kappa shape index (κ3) is 4.49. The van der Waals surface area contributed by atoms with Gasteiger partial charge in [0.15, 0.2) is 0 Å². The monoisotopic (exact) mass is 214 g/mol. The van der Waals surface area contributed by atoms with Gasteiger partial charge < -0.3 is 15.0 Å². The highest BCUT2D eigenvalue weighted by atomic mass is 16.5. The van der Waals surface area contributed by atoms with Crippen molar-refractivity contribution >= 4 is 0 Å². The normalized spacial score (nSPS) is 23.6. The Balaban J connectivity index is 2.07. The first-order valence-electron chi connectivity index (χ1n) is 6.31. The van der Waals surface area contributed by atoms with Crippen LogP contribution in [0.2, 0.25) is 0 Å². The first-order valence-corrected chi connectivity index (χ1v) is 6.31. The lowest BCUT2D eigenvalue weighted by Gasteiger charge is -2.22. The smallest absolute Gasteiger partial charge is 0.0509 e. The molecule has 0 radical (unpaired) electrons. The molecular formula is C12H26N2O. The van der Waals surface area contributed by atoms with Gasteiger partial charge in [-0.1, -0.05) is 13.8 Å². The lowest BCUT2D eigenvalue weighted by Crippen LogP contribution is -2.39. The molecule has 0 amide bonds. The number of likely N-dealkylation sites (N-methyl/N-ethyl adjacent to an activating group) is 1. The number of nitrogens with zero attached hydrogens (tertiary/aromatic N) is 1. The van der Waals surface area contributed by atoms with Gasteiger partial charge in [0.05, 0.1) is 6.61 Å². The summed E-state index contributed by atoms with van der Waals surface area (Å²) in [5.41, 5.74) is 0. The number of hydrogen-bond acceptors (Lipinski definition) is 3. The van der Waals surface area contributed by atoms with E-state index in [0.29, 0.717) is 6.04 Å². The van der Waals surface area contributed by atoms with Crippen LogP contribution in [0.4, 0.5) is 0 Å². The zero-order chi connectivity index (χ0) is 11.1. The summed E-state index contributed by atoms with van der Waals surface area (Å²) in [5, 5.41) is 3.60. The highest BCUT2D eigenvalue weighted by Gasteiger charge is 2.21. The van der Waals surface area contributed by atoms with Crippen molar-refractivity contribution in [3.05, 3.63) is 0 Å². The molecule has 1 rings (SSSR count). The van der Waals surface area contributed by atoms with Gasteiger partial charge in [0.25, 0.3) is 0 Å². The Labute approximate surface area is 94.2 Å². The molecule has 0 aromatic heterocycles. The van der Waals surface area contributed by atoms with Gasteiger partial charge in [0, 0.05) is 25.7 Å². The highest BCUT2D eigenvalue weighted by molar-refractivity contribution is 4.75. The van der Waals surface area contributed by atoms with Crippen molar-refractivity contribution in [1.29, 1.82) is 0 Å². The van der Waals surface area contributed by atoms with Crippen LogP contribution in [0.25, 0.3) is 0 Å². The van der Waals surface area contributed by atoms with Gasteiger partial charge in [0.1, 0.15) is 0 Å². The molecule has 2 atom stereocenters. The maximum absolute atomic E-state index is 5.40. The van der Waals surface area contributed by atoms with Crippen molar-refractivity contribution in [2.45, 2.75) is 33.2 Å². The van der Waals surface area contributed by atoms with Crippen LogP contribution in [0, 0.1) is 5.92 Å². The molecule has 0 aromatic rings. The Bertz CT molecular complexity index is 154. The van der Waals surface area contributed by atoms with E-state index in [1.165, 1.54) is 6.42 Å². The van der Waals surface area contributed by atoms with E-state index in [9.17, 15) is 0 Å². The molecule has 1 N–H and O–H groups in total. The zero-order valence-corrected chi connectivity index (χ0v) is 10.5. The average Bonchev–Trinajstić information content (AvgIpc) is 2.77. The molecule has 0 bridgehead atoms. The minimum Gasteiger partial charge on any atom is -0.381 e. The molecule has 1 saturated heterocycles. The molecule has 1 aliphatic heterocycles. The SMILES string of the molecule is CCN(CC)CCNC(C)C1CCOC1. The summed E-state index contributed by atoms with van der Waals surface area (Å²) in [7, 11) is 0. The molecule has 1 fully saturated rings. The number of nitrogens with one attached hydrogen (secondary N) is 1. The second kappa shape index (κ2) is 7.20. The molecule has 2 unspecified atom stereocenters. The molecule has 0 aromatic carbocycles. The van der Waals surface area contributed by atoms with Gasteiger partial charge in [-0.3, -0.25) is 0 Å². The molecular weight excluding hydrogens is 188 g/mol. The third-order valence-corrected chi connectivity index (χ3v) is 3.46. The maximum Gasteiger partial charge on any atom is 0.0509 e. The molecule has 0 spiro atoms. The quantitative estimate of drug-likeness (QED) is 0.692. The molecule has 0 saturated carbocycles. The van der Waals surface area contributed by atoms with Crippen molar-refractivity contribution < 1.29 is 4.74 Å². The standard InChI is InChI=1S/C12H26N2O/c1-4-14(5-2)8-7-13-11(3)12-6-9-15-10-12/h11-13H,4-10H2,1-3H3. The van der Waals surface area contributed by atoms with E-state index in [1.54, 1.807) is 0 Å². The second-order valence-electron chi connectivity index (χ2n) is 4.39. The molecule has 0 aliphatic carbocycles. The first kappa shape index (κ1) is 12.9. The van der Waals surface area contributed by atoms with Crippen LogP contribution in [-0.4, -0.2) is 50.3 Å². The van der Waals surface area contributed by atoms with Gasteiger partial charge in [-0.15, -0.1) is 0 Å². The summed E-state index contributed by atoms with van der Waals surface area (Å²) in [5.74, 6) is 0.724. The highest BCUT2D eigenvalue weighted by Crippen LogP contribution is 2.15. The lowest BCUT2D eigenvalue weighted by molar-refractivity contribution is 0.177. The summed E-state index contributed by atoms with van der Waals surface area (Å²) in [6, 6.07) is 0.600. The van der Waals surface area contributed by atoms with Crippen LogP contribution >= 0.6 is 0 Å². The van der Waals surface area contributed by atoms with E-state index < -0.39 is 0 Å². The first-order chi connectivity index (χ1) is 7.27. The van der Waals surface area contributed by atoms with E-state index in [2.05, 4.69) is 31.0 Å². The third-order valence-electron chi connectivity index (χ3n) is 3.46. The molecule has 1 heterocycles. The molecule has 90 valence electrons. The van der Waals surface area contributed by atoms with E-state index in [1.807, 2.05) is 0 Å². The van der Waals surface area contributed by atoms with Crippen LogP contribution in [0.5, 0.6) is 0 Å². The maximum atomic E-state index is 5.40. The molecule has 3 nitrogen and oxygen atoms in total. The Morgan fingerprint density at radius 2 is 2.13 bits per heavy atom. The van der Waals surface area contributed by atoms with Crippen molar-refractivity contribution in [3.63, 3.8) is 0 Å². The predicted molar refractivity (Wildman–Crippen MR) is 64.2 cm³/mol. The summed E-state index contributed by atoms with van der Waals surface area (Å²) in [6.07, 6.45) is 1.22. The summed E-state index contributed by atoms with van der Waals surface area (Å²) < 4.78 is 5.40. The number of rotatable bonds is 7.